The maximum atomic E-state index is 13.6. The Morgan fingerprint density at radius 2 is 0.571 bits per heavy atom. The molecule has 2 atom stereocenters. The van der Waals surface area contributed by atoms with E-state index in [-0.39, 0.29) is 19.3 Å². The molecule has 0 aliphatic carbocycles. The molecule has 0 rings (SSSR count). The molecule has 6 nitrogen and oxygen atoms in total. The van der Waals surface area contributed by atoms with E-state index < -0.39 is 35.2 Å². The van der Waals surface area contributed by atoms with Gasteiger partial charge < -0.3 is 15.3 Å². The molecule has 3 N–H and O–H groups in total. The van der Waals surface area contributed by atoms with E-state index in [0.717, 1.165) is 96.3 Å². The van der Waals surface area contributed by atoms with Crippen LogP contribution in [0.15, 0.2) is 24.3 Å². The van der Waals surface area contributed by atoms with Crippen LogP contribution in [0.5, 0.6) is 0 Å². The number of rotatable bonds is 51. The van der Waals surface area contributed by atoms with Crippen molar-refractivity contribution in [3.8, 4) is 0 Å². The molecule has 0 saturated carbocycles. The lowest BCUT2D eigenvalue weighted by atomic mass is 9.79. The quantitative estimate of drug-likeness (QED) is 0.0319. The standard InChI is InChI=1S/C57H106O6/c1-4-7-10-13-16-19-22-25-28-31-34-37-40-43-46-49-52(58)55(61)56(62)57(63,53(59)50-47-44-41-38-35-32-29-26-23-20-17-14-11-8-5-2)54(60)51-48-45-42-39-36-33-30-27-24-21-18-15-12-9-6-3/h26-27,29-30,55-56,61-63H,4-25,28,31-51H2,1-3H3/b29-26-,30-27-. The van der Waals surface area contributed by atoms with Gasteiger partial charge in [0.1, 0.15) is 12.2 Å². The first-order valence-electron chi connectivity index (χ1n) is 27.7. The Morgan fingerprint density at radius 1 is 0.349 bits per heavy atom. The molecule has 0 fully saturated rings. The highest BCUT2D eigenvalue weighted by atomic mass is 16.4. The van der Waals surface area contributed by atoms with Gasteiger partial charge in [-0.05, 0) is 70.6 Å². The van der Waals surface area contributed by atoms with Gasteiger partial charge in [0, 0.05) is 19.3 Å². The first-order valence-corrected chi connectivity index (χ1v) is 27.7. The third kappa shape index (κ3) is 36.2. The number of carbonyl (C=O) groups is 3. The zero-order chi connectivity index (χ0) is 46.3. The Kier molecular flexibility index (Phi) is 45.7. The van der Waals surface area contributed by atoms with Gasteiger partial charge in [-0.25, -0.2) is 0 Å². The molecule has 0 aromatic carbocycles. The molecule has 0 aliphatic rings. The van der Waals surface area contributed by atoms with Crippen molar-refractivity contribution in [1.29, 1.82) is 0 Å². The van der Waals surface area contributed by atoms with E-state index in [4.69, 9.17) is 0 Å². The normalized spacial score (nSPS) is 13.1. The molecule has 0 spiro atoms. The van der Waals surface area contributed by atoms with Crippen molar-refractivity contribution in [2.45, 2.75) is 321 Å². The maximum Gasteiger partial charge on any atom is 0.210 e. The number of aliphatic hydroxyl groups is 3. The number of aliphatic hydroxyl groups excluding tert-OH is 2. The van der Waals surface area contributed by atoms with E-state index >= 15 is 0 Å². The van der Waals surface area contributed by atoms with Gasteiger partial charge in [0.2, 0.25) is 5.60 Å². The van der Waals surface area contributed by atoms with Gasteiger partial charge in [-0.3, -0.25) is 14.4 Å². The number of unbranched alkanes of at least 4 members (excludes halogenated alkanes) is 36. The van der Waals surface area contributed by atoms with Crippen molar-refractivity contribution in [3.05, 3.63) is 24.3 Å². The average Bonchev–Trinajstić information content (AvgIpc) is 3.29. The molecule has 0 aromatic rings. The number of ketones is 3. The van der Waals surface area contributed by atoms with E-state index in [1.54, 1.807) is 0 Å². The van der Waals surface area contributed by atoms with Crippen LogP contribution in [0.3, 0.4) is 0 Å². The van der Waals surface area contributed by atoms with Gasteiger partial charge in [-0.1, -0.05) is 238 Å². The second kappa shape index (κ2) is 46.9. The summed E-state index contributed by atoms with van der Waals surface area (Å²) in [7, 11) is 0. The van der Waals surface area contributed by atoms with Crippen molar-refractivity contribution in [2.75, 3.05) is 0 Å². The maximum absolute atomic E-state index is 13.6. The van der Waals surface area contributed by atoms with Crippen molar-refractivity contribution in [3.63, 3.8) is 0 Å². The topological polar surface area (TPSA) is 112 Å². The van der Waals surface area contributed by atoms with E-state index in [1.807, 2.05) is 0 Å². The van der Waals surface area contributed by atoms with Crippen LogP contribution in [0.1, 0.15) is 303 Å². The number of carbonyl (C=O) groups excluding carboxylic acids is 3. The van der Waals surface area contributed by atoms with E-state index in [1.165, 1.54) is 148 Å². The Balaban J connectivity index is 4.79. The molecule has 370 valence electrons. The Bertz CT molecular complexity index is 1030. The number of hydrogen-bond donors (Lipinski definition) is 3. The largest absolute Gasteiger partial charge is 0.386 e. The predicted octanol–water partition coefficient (Wildman–Crippen LogP) is 16.5. The summed E-state index contributed by atoms with van der Waals surface area (Å²) >= 11 is 0. The molecule has 0 radical (unpaired) electrons. The summed E-state index contributed by atoms with van der Waals surface area (Å²) in [5.41, 5.74) is -2.77. The Labute approximate surface area is 391 Å². The summed E-state index contributed by atoms with van der Waals surface area (Å²) in [6.07, 6.45) is 51.9. The smallest absolute Gasteiger partial charge is 0.210 e. The van der Waals surface area contributed by atoms with Crippen LogP contribution < -0.4 is 0 Å². The van der Waals surface area contributed by atoms with Crippen LogP contribution >= 0.6 is 0 Å². The first-order chi connectivity index (χ1) is 30.8. The summed E-state index contributed by atoms with van der Waals surface area (Å²) in [6, 6.07) is 0. The fraction of sp³-hybridized carbons (Fsp3) is 0.877. The molecule has 63 heavy (non-hydrogen) atoms. The third-order valence-electron chi connectivity index (χ3n) is 13.3. The Morgan fingerprint density at radius 3 is 0.841 bits per heavy atom. The van der Waals surface area contributed by atoms with Crippen molar-refractivity contribution < 1.29 is 29.7 Å². The zero-order valence-corrected chi connectivity index (χ0v) is 42.1. The van der Waals surface area contributed by atoms with Crippen molar-refractivity contribution in [1.82, 2.24) is 0 Å². The molecule has 0 amide bonds. The fourth-order valence-corrected chi connectivity index (χ4v) is 8.80. The fourth-order valence-electron chi connectivity index (χ4n) is 8.80. The van der Waals surface area contributed by atoms with Gasteiger partial charge >= 0.3 is 0 Å². The summed E-state index contributed by atoms with van der Waals surface area (Å²) in [5, 5.41) is 33.9. The second-order valence-electron chi connectivity index (χ2n) is 19.3. The minimum atomic E-state index is -2.77. The summed E-state index contributed by atoms with van der Waals surface area (Å²) in [4.78, 5) is 40.3. The van der Waals surface area contributed by atoms with E-state index in [0.29, 0.717) is 19.3 Å². The monoisotopic (exact) mass is 887 g/mol. The summed E-state index contributed by atoms with van der Waals surface area (Å²) in [5.74, 6) is -2.16. The van der Waals surface area contributed by atoms with Gasteiger partial charge in [-0.2, -0.15) is 0 Å². The molecule has 0 heterocycles. The Hall–Kier alpha value is -1.63. The van der Waals surface area contributed by atoms with Crippen LogP contribution in [0.25, 0.3) is 0 Å². The van der Waals surface area contributed by atoms with Crippen LogP contribution in [0.4, 0.5) is 0 Å². The van der Waals surface area contributed by atoms with E-state index in [2.05, 4.69) is 45.1 Å². The number of hydrogen-bond acceptors (Lipinski definition) is 6. The minimum absolute atomic E-state index is 0.0530. The van der Waals surface area contributed by atoms with Crippen LogP contribution in [0.2, 0.25) is 0 Å². The minimum Gasteiger partial charge on any atom is -0.386 e. The van der Waals surface area contributed by atoms with Gasteiger partial charge in [0.15, 0.2) is 17.3 Å². The lowest BCUT2D eigenvalue weighted by Gasteiger charge is -2.32. The molecule has 0 aromatic heterocycles. The molecule has 0 saturated heterocycles. The highest BCUT2D eigenvalue weighted by Crippen LogP contribution is 2.26. The van der Waals surface area contributed by atoms with Crippen molar-refractivity contribution >= 4 is 17.3 Å². The number of allylic oxidation sites excluding steroid dienone is 4. The molecule has 0 bridgehead atoms. The SMILES string of the molecule is CCCCCCCC/C=C\CCCCCCCC(=O)C(O)(C(=O)CCCCCCC/C=C\CCCCCCCC)C(O)C(O)C(=O)CCCCCCCCCCCCCCCCC. The highest BCUT2D eigenvalue weighted by Gasteiger charge is 2.52. The molecule has 0 aliphatic heterocycles. The summed E-state index contributed by atoms with van der Waals surface area (Å²) in [6.45, 7) is 6.75. The van der Waals surface area contributed by atoms with Crippen LogP contribution in [0, 0.1) is 0 Å². The van der Waals surface area contributed by atoms with Gasteiger partial charge in [0.05, 0.1) is 0 Å². The molecule has 2 unspecified atom stereocenters. The molecular formula is C57H106O6. The summed E-state index contributed by atoms with van der Waals surface area (Å²) < 4.78 is 0. The third-order valence-corrected chi connectivity index (χ3v) is 13.3. The van der Waals surface area contributed by atoms with Crippen LogP contribution in [-0.2, 0) is 14.4 Å². The lowest BCUT2D eigenvalue weighted by molar-refractivity contribution is -0.174. The highest BCUT2D eigenvalue weighted by molar-refractivity contribution is 6.11. The van der Waals surface area contributed by atoms with Crippen molar-refractivity contribution in [2.24, 2.45) is 0 Å². The predicted molar refractivity (Wildman–Crippen MR) is 270 cm³/mol. The second-order valence-corrected chi connectivity index (χ2v) is 19.3. The average molecular weight is 887 g/mol. The first kappa shape index (κ1) is 61.4. The molecular weight excluding hydrogens is 781 g/mol. The molecule has 6 heteroatoms. The van der Waals surface area contributed by atoms with Gasteiger partial charge in [-0.15, -0.1) is 0 Å². The number of Topliss-reactive ketones (excluding diaryl/α,β-unsaturated/α-hetero) is 3. The lowest BCUT2D eigenvalue weighted by Crippen LogP contribution is -2.61. The van der Waals surface area contributed by atoms with Crippen LogP contribution in [-0.4, -0.2) is 50.5 Å². The van der Waals surface area contributed by atoms with E-state index in [9.17, 15) is 29.7 Å². The van der Waals surface area contributed by atoms with Gasteiger partial charge in [0.25, 0.3) is 0 Å². The zero-order valence-electron chi connectivity index (χ0n) is 42.1.